The number of carbonyl (C=O) groups excluding carboxylic acids is 1. The summed E-state index contributed by atoms with van der Waals surface area (Å²) in [6.07, 6.45) is 1.77. The molecule has 1 amide bonds. The number of fused-ring (bicyclic) bond motifs is 3. The molecule has 3 aromatic carbocycles. The van der Waals surface area contributed by atoms with Crippen molar-refractivity contribution in [3.05, 3.63) is 71.0 Å². The van der Waals surface area contributed by atoms with E-state index in [9.17, 15) is 13.2 Å². The molecular formula is C23H21N3O3S2. The fourth-order valence-electron chi connectivity index (χ4n) is 4.02. The summed E-state index contributed by atoms with van der Waals surface area (Å²) in [5.74, 6) is -0.392. The minimum Gasteiger partial charge on any atom is -0.319 e. The Morgan fingerprint density at radius 2 is 1.68 bits per heavy atom. The zero-order chi connectivity index (χ0) is 21.6. The number of aryl methyl sites for hydroxylation is 1. The molecule has 0 spiro atoms. The highest BCUT2D eigenvalue weighted by molar-refractivity contribution is 7.89. The number of benzene rings is 3. The van der Waals surface area contributed by atoms with E-state index in [1.165, 1.54) is 39.9 Å². The summed E-state index contributed by atoms with van der Waals surface area (Å²) < 4.78 is 29.8. The van der Waals surface area contributed by atoms with E-state index < -0.39 is 15.9 Å². The van der Waals surface area contributed by atoms with E-state index in [1.807, 2.05) is 29.8 Å². The van der Waals surface area contributed by atoms with Crippen LogP contribution in [0.1, 0.15) is 23.2 Å². The summed E-state index contributed by atoms with van der Waals surface area (Å²) in [5.41, 5.74) is 1.41. The zero-order valence-electron chi connectivity index (χ0n) is 17.0. The third-order valence-electron chi connectivity index (χ3n) is 5.69. The Morgan fingerprint density at radius 1 is 0.968 bits per heavy atom. The summed E-state index contributed by atoms with van der Waals surface area (Å²) in [6.45, 7) is 1.10. The second kappa shape index (κ2) is 7.71. The summed E-state index contributed by atoms with van der Waals surface area (Å²) in [6, 6.07) is 18.3. The van der Waals surface area contributed by atoms with Crippen molar-refractivity contribution in [2.45, 2.75) is 17.7 Å². The lowest BCUT2D eigenvalue weighted by Crippen LogP contribution is -2.27. The van der Waals surface area contributed by atoms with Gasteiger partial charge in [0.25, 0.3) is 5.91 Å². The van der Waals surface area contributed by atoms with Gasteiger partial charge in [-0.1, -0.05) is 41.7 Å². The molecule has 1 aliphatic heterocycles. The van der Waals surface area contributed by atoms with Crippen LogP contribution in [-0.2, 0) is 17.1 Å². The Kier molecular flexibility index (Phi) is 5.00. The van der Waals surface area contributed by atoms with Gasteiger partial charge in [-0.2, -0.15) is 9.30 Å². The van der Waals surface area contributed by atoms with Gasteiger partial charge >= 0.3 is 0 Å². The predicted molar refractivity (Wildman–Crippen MR) is 123 cm³/mol. The van der Waals surface area contributed by atoms with Crippen LogP contribution in [0.3, 0.4) is 0 Å². The maximum absolute atomic E-state index is 12.8. The molecule has 5 rings (SSSR count). The number of nitrogens with zero attached hydrogens (tertiary/aromatic N) is 3. The lowest BCUT2D eigenvalue weighted by Gasteiger charge is -2.15. The normalized spacial score (nSPS) is 15.8. The van der Waals surface area contributed by atoms with Crippen molar-refractivity contribution in [3.8, 4) is 0 Å². The molecule has 31 heavy (non-hydrogen) atoms. The monoisotopic (exact) mass is 451 g/mol. The first-order chi connectivity index (χ1) is 14.9. The van der Waals surface area contributed by atoms with Crippen LogP contribution in [0.5, 0.6) is 0 Å². The number of amides is 1. The van der Waals surface area contributed by atoms with Crippen molar-refractivity contribution in [2.75, 3.05) is 13.1 Å². The van der Waals surface area contributed by atoms with E-state index in [4.69, 9.17) is 0 Å². The molecule has 1 fully saturated rings. The van der Waals surface area contributed by atoms with Gasteiger partial charge < -0.3 is 4.57 Å². The first kappa shape index (κ1) is 20.1. The molecule has 1 saturated heterocycles. The Balaban J connectivity index is 1.50. The van der Waals surface area contributed by atoms with Gasteiger partial charge in [-0.25, -0.2) is 8.42 Å². The molecule has 0 bridgehead atoms. The average Bonchev–Trinajstić information content (AvgIpc) is 3.43. The molecule has 0 atom stereocenters. The first-order valence-electron chi connectivity index (χ1n) is 10.1. The van der Waals surface area contributed by atoms with Crippen LogP contribution in [0.25, 0.3) is 21.0 Å². The second-order valence-electron chi connectivity index (χ2n) is 7.63. The molecule has 2 heterocycles. The van der Waals surface area contributed by atoms with Crippen LogP contribution < -0.4 is 4.80 Å². The maximum Gasteiger partial charge on any atom is 0.279 e. The molecule has 1 aromatic heterocycles. The van der Waals surface area contributed by atoms with Crippen molar-refractivity contribution in [1.82, 2.24) is 8.87 Å². The fraction of sp³-hybridized carbons (Fsp3) is 0.217. The molecule has 1 aliphatic rings. The predicted octanol–water partition coefficient (Wildman–Crippen LogP) is 3.92. The number of sulfonamides is 1. The molecule has 0 saturated carbocycles. The minimum atomic E-state index is -3.50. The van der Waals surface area contributed by atoms with E-state index in [0.29, 0.717) is 23.5 Å². The van der Waals surface area contributed by atoms with E-state index >= 15 is 0 Å². The maximum atomic E-state index is 12.8. The van der Waals surface area contributed by atoms with Crippen LogP contribution in [-0.4, -0.2) is 36.3 Å². The second-order valence-corrected chi connectivity index (χ2v) is 10.6. The van der Waals surface area contributed by atoms with Gasteiger partial charge in [0, 0.05) is 31.1 Å². The van der Waals surface area contributed by atoms with Gasteiger partial charge in [0.1, 0.15) is 0 Å². The van der Waals surface area contributed by atoms with Crippen LogP contribution in [0.15, 0.2) is 70.6 Å². The van der Waals surface area contributed by atoms with Crippen molar-refractivity contribution in [1.29, 1.82) is 0 Å². The minimum absolute atomic E-state index is 0.213. The topological polar surface area (TPSA) is 71.7 Å². The van der Waals surface area contributed by atoms with Gasteiger partial charge in [0.2, 0.25) is 10.0 Å². The van der Waals surface area contributed by atoms with Crippen molar-refractivity contribution in [3.63, 3.8) is 0 Å². The summed E-state index contributed by atoms with van der Waals surface area (Å²) in [4.78, 5) is 17.9. The Bertz CT molecular complexity index is 1480. The van der Waals surface area contributed by atoms with Gasteiger partial charge in [0.15, 0.2) is 4.80 Å². The number of aromatic nitrogens is 1. The number of hydrogen-bond acceptors (Lipinski definition) is 4. The smallest absolute Gasteiger partial charge is 0.279 e. The van der Waals surface area contributed by atoms with Gasteiger partial charge in [0.05, 0.1) is 15.1 Å². The zero-order valence-corrected chi connectivity index (χ0v) is 18.6. The Hall–Kier alpha value is -2.81. The Morgan fingerprint density at radius 3 is 2.42 bits per heavy atom. The number of hydrogen-bond donors (Lipinski definition) is 0. The van der Waals surface area contributed by atoms with Crippen molar-refractivity contribution in [2.24, 2.45) is 12.0 Å². The lowest BCUT2D eigenvalue weighted by molar-refractivity contribution is 0.0998. The average molecular weight is 452 g/mol. The van der Waals surface area contributed by atoms with E-state index in [0.717, 1.165) is 33.8 Å². The van der Waals surface area contributed by atoms with Crippen molar-refractivity contribution >= 4 is 48.3 Å². The lowest BCUT2D eigenvalue weighted by atomic mass is 10.1. The third-order valence-corrected chi connectivity index (χ3v) is 8.70. The first-order valence-corrected chi connectivity index (χ1v) is 12.4. The highest BCUT2D eigenvalue weighted by atomic mass is 32.2. The van der Waals surface area contributed by atoms with Crippen LogP contribution in [0.2, 0.25) is 0 Å². The van der Waals surface area contributed by atoms with Crippen LogP contribution in [0, 0.1) is 0 Å². The molecule has 158 valence electrons. The van der Waals surface area contributed by atoms with Crippen LogP contribution >= 0.6 is 11.3 Å². The molecule has 4 aromatic rings. The van der Waals surface area contributed by atoms with Crippen LogP contribution in [0.4, 0.5) is 0 Å². The van der Waals surface area contributed by atoms with E-state index in [2.05, 4.69) is 23.2 Å². The third kappa shape index (κ3) is 3.50. The van der Waals surface area contributed by atoms with E-state index in [1.54, 1.807) is 0 Å². The number of thiazole rings is 1. The largest absolute Gasteiger partial charge is 0.319 e. The molecular weight excluding hydrogens is 430 g/mol. The van der Waals surface area contributed by atoms with Gasteiger partial charge in [-0.05, 0) is 48.6 Å². The molecule has 0 radical (unpaired) electrons. The van der Waals surface area contributed by atoms with Gasteiger partial charge in [-0.15, -0.1) is 0 Å². The highest BCUT2D eigenvalue weighted by Gasteiger charge is 2.27. The quantitative estimate of drug-likeness (QED) is 0.474. The van der Waals surface area contributed by atoms with Gasteiger partial charge in [-0.3, -0.25) is 4.79 Å². The fourth-order valence-corrected chi connectivity index (χ4v) is 6.57. The summed E-state index contributed by atoms with van der Waals surface area (Å²) >= 11 is 1.46. The standard InChI is InChI=1S/C23H21N3O3S2/c1-25-21-19-7-3-2-6-16(19)10-13-20(21)30-23(25)24-22(27)17-8-11-18(12-9-17)31(28,29)26-14-4-5-15-26/h2-3,6-13H,4-5,14-15H2,1H3. The van der Waals surface area contributed by atoms with E-state index in [-0.39, 0.29) is 4.90 Å². The molecule has 6 nitrogen and oxygen atoms in total. The summed E-state index contributed by atoms with van der Waals surface area (Å²) in [5, 5.41) is 2.25. The summed E-state index contributed by atoms with van der Waals surface area (Å²) in [7, 11) is -1.59. The molecule has 0 unspecified atom stereocenters. The SMILES string of the molecule is Cn1c(=NC(=O)c2ccc(S(=O)(=O)N3CCCC3)cc2)sc2ccc3ccccc3c21. The van der Waals surface area contributed by atoms with Crippen molar-refractivity contribution < 1.29 is 13.2 Å². The molecule has 0 N–H and O–H groups in total. The Labute approximate surface area is 184 Å². The molecule has 8 heteroatoms. The number of carbonyl (C=O) groups is 1. The molecule has 0 aliphatic carbocycles. The highest BCUT2D eigenvalue weighted by Crippen LogP contribution is 2.26. The number of rotatable bonds is 3.